The second-order valence-electron chi connectivity index (χ2n) is 6.10. The summed E-state index contributed by atoms with van der Waals surface area (Å²) in [4.78, 5) is 14.1. The maximum Gasteiger partial charge on any atom is 0.321 e. The minimum absolute atomic E-state index is 0.147. The van der Waals surface area contributed by atoms with Crippen LogP contribution in [-0.2, 0) is 0 Å². The van der Waals surface area contributed by atoms with E-state index in [2.05, 4.69) is 5.32 Å². The maximum absolute atomic E-state index is 13.6. The van der Waals surface area contributed by atoms with Crippen LogP contribution in [0.5, 0.6) is 11.5 Å². The Morgan fingerprint density at radius 2 is 1.92 bits per heavy atom. The van der Waals surface area contributed by atoms with Crippen LogP contribution in [0.2, 0.25) is 0 Å². The standard InChI is InChI=1S/C19H21FN2O3/c20-15-6-7-18(25-16-4-2-1-3-5-16)17(12-15)21-19(24)22-10-8-14(13-23)9-11-22/h1-7,12,14,23H,8-11,13H2,(H,21,24). The number of anilines is 1. The number of rotatable bonds is 4. The molecule has 6 heteroatoms. The van der Waals surface area contributed by atoms with Crippen molar-refractivity contribution in [3.05, 3.63) is 54.3 Å². The second-order valence-corrected chi connectivity index (χ2v) is 6.10. The fourth-order valence-corrected chi connectivity index (χ4v) is 2.82. The van der Waals surface area contributed by atoms with Crippen LogP contribution < -0.4 is 10.1 Å². The van der Waals surface area contributed by atoms with Crippen molar-refractivity contribution in [1.82, 2.24) is 4.90 Å². The molecule has 25 heavy (non-hydrogen) atoms. The Labute approximate surface area is 146 Å². The number of halogens is 1. The fraction of sp³-hybridized carbons (Fsp3) is 0.316. The van der Waals surface area contributed by atoms with Crippen LogP contribution in [0.25, 0.3) is 0 Å². The Morgan fingerprint density at radius 3 is 2.60 bits per heavy atom. The molecule has 1 fully saturated rings. The molecule has 3 rings (SSSR count). The first-order chi connectivity index (χ1) is 12.2. The van der Waals surface area contributed by atoms with E-state index in [0.29, 0.717) is 24.6 Å². The smallest absolute Gasteiger partial charge is 0.321 e. The first-order valence-corrected chi connectivity index (χ1v) is 8.35. The van der Waals surface area contributed by atoms with Crippen molar-refractivity contribution in [3.63, 3.8) is 0 Å². The predicted molar refractivity (Wildman–Crippen MR) is 93.3 cm³/mol. The summed E-state index contributed by atoms with van der Waals surface area (Å²) in [6.07, 6.45) is 1.53. The van der Waals surface area contributed by atoms with E-state index in [1.807, 2.05) is 18.2 Å². The van der Waals surface area contributed by atoms with Crippen LogP contribution in [0.15, 0.2) is 48.5 Å². The first kappa shape index (κ1) is 17.2. The second kappa shape index (κ2) is 7.98. The van der Waals surface area contributed by atoms with E-state index in [4.69, 9.17) is 4.74 Å². The molecular weight excluding hydrogens is 323 g/mol. The van der Waals surface area contributed by atoms with E-state index in [0.717, 1.165) is 12.8 Å². The van der Waals surface area contributed by atoms with Gasteiger partial charge in [-0.05, 0) is 43.0 Å². The number of aliphatic hydroxyl groups excluding tert-OH is 1. The number of likely N-dealkylation sites (tertiary alicyclic amines) is 1. The number of aliphatic hydroxyl groups is 1. The molecule has 0 atom stereocenters. The summed E-state index contributed by atoms with van der Waals surface area (Å²) in [5.74, 6) is 0.782. The van der Waals surface area contributed by atoms with Gasteiger partial charge in [0.1, 0.15) is 11.6 Å². The molecule has 0 spiro atoms. The zero-order valence-corrected chi connectivity index (χ0v) is 13.8. The van der Waals surface area contributed by atoms with Gasteiger partial charge in [-0.15, -0.1) is 0 Å². The van der Waals surface area contributed by atoms with Crippen LogP contribution in [0.3, 0.4) is 0 Å². The normalized spacial score (nSPS) is 15.0. The number of para-hydroxylation sites is 1. The van der Waals surface area contributed by atoms with Gasteiger partial charge < -0.3 is 20.1 Å². The number of hydrogen-bond donors (Lipinski definition) is 2. The Morgan fingerprint density at radius 1 is 1.20 bits per heavy atom. The third-order valence-electron chi connectivity index (χ3n) is 4.31. The lowest BCUT2D eigenvalue weighted by atomic mass is 9.98. The molecule has 1 saturated heterocycles. The van der Waals surface area contributed by atoms with Gasteiger partial charge in [0.2, 0.25) is 0 Å². The molecule has 1 aliphatic heterocycles. The molecule has 132 valence electrons. The summed E-state index contributed by atoms with van der Waals surface area (Å²) in [5, 5.41) is 11.9. The van der Waals surface area contributed by atoms with Crippen molar-refractivity contribution in [2.75, 3.05) is 25.0 Å². The lowest BCUT2D eigenvalue weighted by Gasteiger charge is -2.31. The highest BCUT2D eigenvalue weighted by Crippen LogP contribution is 2.30. The molecule has 2 aromatic rings. The topological polar surface area (TPSA) is 61.8 Å². The lowest BCUT2D eigenvalue weighted by molar-refractivity contribution is 0.143. The van der Waals surface area contributed by atoms with E-state index >= 15 is 0 Å². The van der Waals surface area contributed by atoms with E-state index in [-0.39, 0.29) is 24.2 Å². The number of urea groups is 1. The van der Waals surface area contributed by atoms with Gasteiger partial charge in [-0.2, -0.15) is 0 Å². The number of ether oxygens (including phenoxy) is 1. The van der Waals surface area contributed by atoms with Crippen LogP contribution in [-0.4, -0.2) is 35.7 Å². The Balaban J connectivity index is 1.71. The summed E-state index contributed by atoms with van der Waals surface area (Å²) >= 11 is 0. The van der Waals surface area contributed by atoms with Crippen molar-refractivity contribution in [2.45, 2.75) is 12.8 Å². The number of amides is 2. The highest BCUT2D eigenvalue weighted by Gasteiger charge is 2.23. The average molecular weight is 344 g/mol. The first-order valence-electron chi connectivity index (χ1n) is 8.35. The Bertz CT molecular complexity index is 716. The van der Waals surface area contributed by atoms with Gasteiger partial charge in [-0.3, -0.25) is 0 Å². The highest BCUT2D eigenvalue weighted by atomic mass is 19.1. The third kappa shape index (κ3) is 4.48. The quantitative estimate of drug-likeness (QED) is 0.885. The molecule has 0 aromatic heterocycles. The molecule has 0 saturated carbocycles. The van der Waals surface area contributed by atoms with Crippen molar-refractivity contribution in [2.24, 2.45) is 5.92 Å². The van der Waals surface area contributed by atoms with E-state index < -0.39 is 5.82 Å². The molecule has 0 aliphatic carbocycles. The van der Waals surface area contributed by atoms with Crippen molar-refractivity contribution < 1.29 is 19.0 Å². The van der Waals surface area contributed by atoms with Gasteiger partial charge in [-0.1, -0.05) is 18.2 Å². The van der Waals surface area contributed by atoms with Gasteiger partial charge in [0, 0.05) is 25.8 Å². The number of carbonyl (C=O) groups is 1. The van der Waals surface area contributed by atoms with Crippen LogP contribution in [0.1, 0.15) is 12.8 Å². The summed E-state index contributed by atoms with van der Waals surface area (Å²) in [6.45, 7) is 1.29. The van der Waals surface area contributed by atoms with Gasteiger partial charge in [0.25, 0.3) is 0 Å². The number of nitrogens with zero attached hydrogens (tertiary/aromatic N) is 1. The van der Waals surface area contributed by atoms with Crippen LogP contribution in [0.4, 0.5) is 14.9 Å². The SMILES string of the molecule is O=C(Nc1cc(F)ccc1Oc1ccccc1)N1CCC(CO)CC1. The molecule has 5 nitrogen and oxygen atoms in total. The third-order valence-corrected chi connectivity index (χ3v) is 4.31. The van der Waals surface area contributed by atoms with Crippen LogP contribution >= 0.6 is 0 Å². The number of hydrogen-bond acceptors (Lipinski definition) is 3. The van der Waals surface area contributed by atoms with E-state index in [1.54, 1.807) is 17.0 Å². The molecule has 2 amide bonds. The molecular formula is C19H21FN2O3. The molecule has 0 unspecified atom stereocenters. The van der Waals surface area contributed by atoms with Gasteiger partial charge in [0.05, 0.1) is 5.69 Å². The predicted octanol–water partition coefficient (Wildman–Crippen LogP) is 3.85. The summed E-state index contributed by atoms with van der Waals surface area (Å²) in [7, 11) is 0. The van der Waals surface area contributed by atoms with Crippen molar-refractivity contribution >= 4 is 11.7 Å². The van der Waals surface area contributed by atoms with Gasteiger partial charge in [0.15, 0.2) is 5.75 Å². The lowest BCUT2D eigenvalue weighted by Crippen LogP contribution is -2.41. The Hall–Kier alpha value is -2.60. The highest BCUT2D eigenvalue weighted by molar-refractivity contribution is 5.91. The van der Waals surface area contributed by atoms with E-state index in [1.165, 1.54) is 18.2 Å². The molecule has 2 N–H and O–H groups in total. The van der Waals surface area contributed by atoms with E-state index in [9.17, 15) is 14.3 Å². The van der Waals surface area contributed by atoms with Crippen molar-refractivity contribution in [3.8, 4) is 11.5 Å². The fourth-order valence-electron chi connectivity index (χ4n) is 2.82. The molecule has 1 heterocycles. The average Bonchev–Trinajstić information content (AvgIpc) is 2.65. The molecule has 2 aromatic carbocycles. The minimum Gasteiger partial charge on any atom is -0.455 e. The summed E-state index contributed by atoms with van der Waals surface area (Å²) in [6, 6.07) is 12.9. The number of carbonyl (C=O) groups excluding carboxylic acids is 1. The van der Waals surface area contributed by atoms with Gasteiger partial charge in [-0.25, -0.2) is 9.18 Å². The summed E-state index contributed by atoms with van der Waals surface area (Å²) in [5.41, 5.74) is 0.290. The van der Waals surface area contributed by atoms with Crippen LogP contribution in [0, 0.1) is 11.7 Å². The largest absolute Gasteiger partial charge is 0.455 e. The molecule has 0 bridgehead atoms. The number of benzene rings is 2. The number of piperidine rings is 1. The Kier molecular flexibility index (Phi) is 5.50. The molecule has 1 aliphatic rings. The number of nitrogens with one attached hydrogen (secondary N) is 1. The molecule has 0 radical (unpaired) electrons. The van der Waals surface area contributed by atoms with Crippen molar-refractivity contribution in [1.29, 1.82) is 0 Å². The van der Waals surface area contributed by atoms with Gasteiger partial charge >= 0.3 is 6.03 Å². The zero-order chi connectivity index (χ0) is 17.6. The monoisotopic (exact) mass is 344 g/mol. The maximum atomic E-state index is 13.6. The summed E-state index contributed by atoms with van der Waals surface area (Å²) < 4.78 is 19.4. The minimum atomic E-state index is -0.449. The zero-order valence-electron chi connectivity index (χ0n) is 13.8.